The zero-order valence-electron chi connectivity index (χ0n) is 17.7. The van der Waals surface area contributed by atoms with Gasteiger partial charge in [-0.05, 0) is 30.9 Å². The van der Waals surface area contributed by atoms with Crippen LogP contribution in [0, 0.1) is 0 Å². The first-order valence-corrected chi connectivity index (χ1v) is 10.5. The molecule has 1 aliphatic rings. The van der Waals surface area contributed by atoms with Crippen molar-refractivity contribution < 1.29 is 4.79 Å². The SMILES string of the molecule is CCCCCCC(C)NC(=NC)NCCCC(=O)N1Cc2ccccc2C1.I. The number of unbranched alkanes of at least 4 members (excludes halogenated alkanes) is 3. The molecule has 2 rings (SSSR count). The lowest BCUT2D eigenvalue weighted by atomic mass is 10.1. The van der Waals surface area contributed by atoms with E-state index in [0.717, 1.165) is 38.4 Å². The lowest BCUT2D eigenvalue weighted by Crippen LogP contribution is -2.42. The number of nitrogens with zero attached hydrogens (tertiary/aromatic N) is 2. The van der Waals surface area contributed by atoms with Crippen molar-refractivity contribution in [1.82, 2.24) is 15.5 Å². The van der Waals surface area contributed by atoms with Gasteiger partial charge in [0.1, 0.15) is 0 Å². The number of fused-ring (bicyclic) bond motifs is 1. The Morgan fingerprint density at radius 2 is 1.82 bits per heavy atom. The summed E-state index contributed by atoms with van der Waals surface area (Å²) in [4.78, 5) is 18.7. The highest BCUT2D eigenvalue weighted by atomic mass is 127. The van der Waals surface area contributed by atoms with Crippen LogP contribution >= 0.6 is 24.0 Å². The average Bonchev–Trinajstić information content (AvgIpc) is 3.11. The standard InChI is InChI=1S/C22H36N4O.HI/c1-4-5-6-7-11-18(2)25-22(23-3)24-15-10-14-21(27)26-16-19-12-8-9-13-20(19)17-26;/h8-9,12-13,18H,4-7,10-11,14-17H2,1-3H3,(H2,23,24,25);1H. The third kappa shape index (κ3) is 8.37. The van der Waals surface area contributed by atoms with E-state index >= 15 is 0 Å². The minimum Gasteiger partial charge on any atom is -0.356 e. The van der Waals surface area contributed by atoms with Crippen LogP contribution in [0.2, 0.25) is 0 Å². The molecule has 0 aliphatic carbocycles. The molecule has 0 spiro atoms. The summed E-state index contributed by atoms with van der Waals surface area (Å²) >= 11 is 0. The normalized spacial score (nSPS) is 14.2. The Bertz CT molecular complexity index is 595. The lowest BCUT2D eigenvalue weighted by Gasteiger charge is -2.18. The van der Waals surface area contributed by atoms with Gasteiger partial charge in [-0.15, -0.1) is 24.0 Å². The molecule has 1 atom stereocenters. The number of hydrogen-bond acceptors (Lipinski definition) is 2. The second-order valence-corrected chi connectivity index (χ2v) is 7.52. The Hall–Kier alpha value is -1.31. The smallest absolute Gasteiger partial charge is 0.223 e. The summed E-state index contributed by atoms with van der Waals surface area (Å²) in [6, 6.07) is 8.73. The highest BCUT2D eigenvalue weighted by Gasteiger charge is 2.22. The summed E-state index contributed by atoms with van der Waals surface area (Å²) in [5.41, 5.74) is 2.56. The van der Waals surface area contributed by atoms with Gasteiger partial charge in [0.15, 0.2) is 5.96 Å². The average molecular weight is 500 g/mol. The second kappa shape index (κ2) is 13.8. The van der Waals surface area contributed by atoms with Crippen molar-refractivity contribution in [2.45, 2.75) is 77.9 Å². The minimum absolute atomic E-state index is 0. The Labute approximate surface area is 187 Å². The monoisotopic (exact) mass is 500 g/mol. The molecule has 0 saturated carbocycles. The van der Waals surface area contributed by atoms with Gasteiger partial charge in [0.2, 0.25) is 5.91 Å². The van der Waals surface area contributed by atoms with Gasteiger partial charge in [0.25, 0.3) is 0 Å². The van der Waals surface area contributed by atoms with Crippen LogP contribution < -0.4 is 10.6 Å². The molecule has 5 nitrogen and oxygen atoms in total. The third-order valence-corrected chi connectivity index (χ3v) is 5.15. The Kier molecular flexibility index (Phi) is 12.2. The molecular formula is C22H37IN4O. The Morgan fingerprint density at radius 1 is 1.14 bits per heavy atom. The number of aliphatic imine (C=N–C) groups is 1. The molecule has 1 unspecified atom stereocenters. The topological polar surface area (TPSA) is 56.7 Å². The van der Waals surface area contributed by atoms with Crippen molar-refractivity contribution in [1.29, 1.82) is 0 Å². The zero-order chi connectivity index (χ0) is 19.5. The number of amides is 1. The maximum Gasteiger partial charge on any atom is 0.223 e. The van der Waals surface area contributed by atoms with Gasteiger partial charge in [-0.3, -0.25) is 9.79 Å². The zero-order valence-corrected chi connectivity index (χ0v) is 20.0. The number of carbonyl (C=O) groups excluding carboxylic acids is 1. The fraction of sp³-hybridized carbons (Fsp3) is 0.636. The molecule has 0 bridgehead atoms. The van der Waals surface area contributed by atoms with Crippen LogP contribution in [0.1, 0.15) is 69.9 Å². The van der Waals surface area contributed by atoms with E-state index in [9.17, 15) is 4.79 Å². The van der Waals surface area contributed by atoms with Gasteiger partial charge in [0, 0.05) is 39.1 Å². The number of guanidine groups is 1. The first kappa shape index (κ1) is 24.7. The van der Waals surface area contributed by atoms with Crippen LogP contribution in [-0.2, 0) is 17.9 Å². The molecule has 1 aliphatic heterocycles. The molecule has 0 aromatic heterocycles. The summed E-state index contributed by atoms with van der Waals surface area (Å²) < 4.78 is 0. The highest BCUT2D eigenvalue weighted by Crippen LogP contribution is 2.22. The van der Waals surface area contributed by atoms with E-state index in [0.29, 0.717) is 12.5 Å². The fourth-order valence-electron chi connectivity index (χ4n) is 3.49. The van der Waals surface area contributed by atoms with E-state index in [1.807, 2.05) is 17.0 Å². The molecule has 0 radical (unpaired) electrons. The molecule has 1 aromatic carbocycles. The van der Waals surface area contributed by atoms with E-state index < -0.39 is 0 Å². The summed E-state index contributed by atoms with van der Waals surface area (Å²) in [5.74, 6) is 1.07. The van der Waals surface area contributed by atoms with Crippen LogP contribution in [0.15, 0.2) is 29.3 Å². The molecule has 28 heavy (non-hydrogen) atoms. The molecule has 1 aromatic rings. The van der Waals surface area contributed by atoms with Gasteiger partial charge in [0.05, 0.1) is 0 Å². The van der Waals surface area contributed by atoms with Gasteiger partial charge < -0.3 is 15.5 Å². The van der Waals surface area contributed by atoms with Crippen molar-refractivity contribution >= 4 is 35.8 Å². The fourth-order valence-corrected chi connectivity index (χ4v) is 3.49. The molecule has 1 heterocycles. The summed E-state index contributed by atoms with van der Waals surface area (Å²) in [5, 5.41) is 6.78. The van der Waals surface area contributed by atoms with E-state index in [2.05, 4.69) is 41.6 Å². The Morgan fingerprint density at radius 3 is 2.43 bits per heavy atom. The number of halogens is 1. The largest absolute Gasteiger partial charge is 0.356 e. The summed E-state index contributed by atoms with van der Waals surface area (Å²) in [7, 11) is 1.80. The molecule has 158 valence electrons. The number of carbonyl (C=O) groups is 1. The van der Waals surface area contributed by atoms with E-state index in [1.54, 1.807) is 7.05 Å². The molecule has 0 saturated heterocycles. The summed E-state index contributed by atoms with van der Waals surface area (Å²) in [6.45, 7) is 6.70. The first-order valence-electron chi connectivity index (χ1n) is 10.5. The van der Waals surface area contributed by atoms with Crippen molar-refractivity contribution in [3.8, 4) is 0 Å². The molecule has 1 amide bonds. The number of rotatable bonds is 10. The maximum atomic E-state index is 12.4. The first-order chi connectivity index (χ1) is 13.1. The van der Waals surface area contributed by atoms with Crippen molar-refractivity contribution in [3.63, 3.8) is 0 Å². The van der Waals surface area contributed by atoms with Crippen LogP contribution in [0.4, 0.5) is 0 Å². The number of benzene rings is 1. The molecule has 6 heteroatoms. The van der Waals surface area contributed by atoms with Gasteiger partial charge in [-0.2, -0.15) is 0 Å². The third-order valence-electron chi connectivity index (χ3n) is 5.15. The van der Waals surface area contributed by atoms with Crippen LogP contribution in [-0.4, -0.2) is 36.4 Å². The number of nitrogens with one attached hydrogen (secondary N) is 2. The van der Waals surface area contributed by atoms with Crippen LogP contribution in [0.3, 0.4) is 0 Å². The van der Waals surface area contributed by atoms with Crippen molar-refractivity contribution in [2.24, 2.45) is 4.99 Å². The predicted octanol–water partition coefficient (Wildman–Crippen LogP) is 4.45. The van der Waals surface area contributed by atoms with E-state index in [4.69, 9.17) is 0 Å². The van der Waals surface area contributed by atoms with Crippen molar-refractivity contribution in [3.05, 3.63) is 35.4 Å². The number of hydrogen-bond donors (Lipinski definition) is 2. The summed E-state index contributed by atoms with van der Waals surface area (Å²) in [6.07, 6.45) is 7.70. The molecule has 0 fully saturated rings. The Balaban J connectivity index is 0.00000392. The lowest BCUT2D eigenvalue weighted by molar-refractivity contribution is -0.131. The van der Waals surface area contributed by atoms with Crippen LogP contribution in [0.5, 0.6) is 0 Å². The van der Waals surface area contributed by atoms with E-state index in [-0.39, 0.29) is 29.9 Å². The second-order valence-electron chi connectivity index (χ2n) is 7.52. The van der Waals surface area contributed by atoms with Gasteiger partial charge in [-0.1, -0.05) is 56.9 Å². The molecular weight excluding hydrogens is 463 g/mol. The van der Waals surface area contributed by atoms with Crippen molar-refractivity contribution in [2.75, 3.05) is 13.6 Å². The quantitative estimate of drug-likeness (QED) is 0.216. The maximum absolute atomic E-state index is 12.4. The van der Waals surface area contributed by atoms with Gasteiger partial charge in [-0.25, -0.2) is 0 Å². The molecule has 2 N–H and O–H groups in total. The minimum atomic E-state index is 0. The highest BCUT2D eigenvalue weighted by molar-refractivity contribution is 14.0. The van der Waals surface area contributed by atoms with Gasteiger partial charge >= 0.3 is 0 Å². The predicted molar refractivity (Wildman–Crippen MR) is 128 cm³/mol. The van der Waals surface area contributed by atoms with E-state index in [1.165, 1.54) is 36.8 Å². The van der Waals surface area contributed by atoms with Crippen LogP contribution in [0.25, 0.3) is 0 Å².